The zero-order valence-corrected chi connectivity index (χ0v) is 19.2. The molecule has 3 unspecified atom stereocenters. The van der Waals surface area contributed by atoms with Gasteiger partial charge in [-0.1, -0.05) is 39.0 Å². The van der Waals surface area contributed by atoms with Crippen LogP contribution in [0.4, 0.5) is 0 Å². The van der Waals surface area contributed by atoms with Crippen molar-refractivity contribution in [1.29, 1.82) is 0 Å². The van der Waals surface area contributed by atoms with Gasteiger partial charge in [-0.15, -0.1) is 0 Å². The van der Waals surface area contributed by atoms with E-state index in [1.807, 2.05) is 45.0 Å². The van der Waals surface area contributed by atoms with E-state index in [-0.39, 0.29) is 17.7 Å². The molecular weight excluding hydrogens is 424 g/mol. The number of aromatic nitrogens is 1. The molecule has 0 radical (unpaired) electrons. The minimum absolute atomic E-state index is 0.106. The van der Waals surface area contributed by atoms with Crippen LogP contribution < -0.4 is 16.0 Å². The van der Waals surface area contributed by atoms with Crippen molar-refractivity contribution in [2.45, 2.75) is 52.1 Å². The molecular formula is C24H32N4O5. The Hall–Kier alpha value is -3.20. The Labute approximate surface area is 192 Å². The molecule has 178 valence electrons. The highest BCUT2D eigenvalue weighted by molar-refractivity contribution is 6.00. The standard InChI is InChI=1S/C24H32N4O5/c1-24(2,3)12-19(28-22(32)18-10-14-6-4-5-7-16(14)26-18)23(33)27-17(20(30)13-29)11-15-8-9-25-21(15)31/h4-7,10,15,17,19,26,29H,8-9,11-13H2,1-3H3,(H,25,31)(H,27,33)(H,28,32). The summed E-state index contributed by atoms with van der Waals surface area (Å²) in [7, 11) is 0. The van der Waals surface area contributed by atoms with Gasteiger partial charge in [-0.25, -0.2) is 0 Å². The van der Waals surface area contributed by atoms with Crippen LogP contribution in [-0.2, 0) is 14.4 Å². The summed E-state index contributed by atoms with van der Waals surface area (Å²) in [6, 6.07) is 7.27. The summed E-state index contributed by atoms with van der Waals surface area (Å²) >= 11 is 0. The fourth-order valence-corrected chi connectivity index (χ4v) is 4.06. The second-order valence-electron chi connectivity index (χ2n) is 9.76. The third-order valence-corrected chi connectivity index (χ3v) is 5.76. The summed E-state index contributed by atoms with van der Waals surface area (Å²) in [6.45, 7) is 5.61. The fraction of sp³-hybridized carbons (Fsp3) is 0.500. The van der Waals surface area contributed by atoms with Gasteiger partial charge in [-0.2, -0.15) is 0 Å². The molecule has 5 N–H and O–H groups in total. The van der Waals surface area contributed by atoms with Crippen LogP contribution in [-0.4, -0.2) is 58.8 Å². The third kappa shape index (κ3) is 6.41. The summed E-state index contributed by atoms with van der Waals surface area (Å²) < 4.78 is 0. The number of ketones is 1. The molecule has 1 aliphatic rings. The van der Waals surface area contributed by atoms with Gasteiger partial charge in [0.25, 0.3) is 5.91 Å². The Morgan fingerprint density at radius 2 is 1.88 bits per heavy atom. The lowest BCUT2D eigenvalue weighted by molar-refractivity contribution is -0.131. The van der Waals surface area contributed by atoms with E-state index >= 15 is 0 Å². The van der Waals surface area contributed by atoms with E-state index in [0.29, 0.717) is 25.1 Å². The van der Waals surface area contributed by atoms with Gasteiger partial charge in [0.05, 0.1) is 6.04 Å². The fourth-order valence-electron chi connectivity index (χ4n) is 4.06. The highest BCUT2D eigenvalue weighted by atomic mass is 16.3. The number of carbonyl (C=O) groups is 4. The number of hydrogen-bond donors (Lipinski definition) is 5. The Morgan fingerprint density at radius 3 is 2.48 bits per heavy atom. The summed E-state index contributed by atoms with van der Waals surface area (Å²) in [5, 5.41) is 18.4. The van der Waals surface area contributed by atoms with Gasteiger partial charge < -0.3 is 26.0 Å². The van der Waals surface area contributed by atoms with Gasteiger partial charge in [0, 0.05) is 23.4 Å². The number of aromatic amines is 1. The van der Waals surface area contributed by atoms with Gasteiger partial charge in [0.1, 0.15) is 18.3 Å². The van der Waals surface area contributed by atoms with Crippen molar-refractivity contribution < 1.29 is 24.3 Å². The largest absolute Gasteiger partial charge is 0.389 e. The Balaban J connectivity index is 1.76. The van der Waals surface area contributed by atoms with E-state index < -0.39 is 42.2 Å². The molecule has 1 fully saturated rings. The zero-order valence-electron chi connectivity index (χ0n) is 19.2. The van der Waals surface area contributed by atoms with Crippen LogP contribution >= 0.6 is 0 Å². The minimum atomic E-state index is -1.01. The molecule has 2 aromatic rings. The van der Waals surface area contributed by atoms with Crippen LogP contribution in [0, 0.1) is 11.3 Å². The number of carbonyl (C=O) groups excluding carboxylic acids is 4. The lowest BCUT2D eigenvalue weighted by Crippen LogP contribution is -2.53. The van der Waals surface area contributed by atoms with Gasteiger partial charge in [-0.3, -0.25) is 19.2 Å². The summed E-state index contributed by atoms with van der Waals surface area (Å²) in [5.41, 5.74) is 0.842. The smallest absolute Gasteiger partial charge is 0.268 e. The molecule has 3 amide bonds. The van der Waals surface area contributed by atoms with Crippen LogP contribution in [0.15, 0.2) is 30.3 Å². The van der Waals surface area contributed by atoms with Crippen molar-refractivity contribution in [3.8, 4) is 0 Å². The minimum Gasteiger partial charge on any atom is -0.389 e. The van der Waals surface area contributed by atoms with E-state index in [0.717, 1.165) is 10.9 Å². The van der Waals surface area contributed by atoms with Gasteiger partial charge in [-0.05, 0) is 36.8 Å². The summed E-state index contributed by atoms with van der Waals surface area (Å²) in [5.74, 6) is -2.11. The van der Waals surface area contributed by atoms with Crippen LogP contribution in [0.1, 0.15) is 50.5 Å². The molecule has 2 heterocycles. The molecule has 3 atom stereocenters. The van der Waals surface area contributed by atoms with Crippen molar-refractivity contribution in [2.75, 3.05) is 13.2 Å². The Kier molecular flexibility index (Phi) is 7.53. The molecule has 1 saturated heterocycles. The number of Topliss-reactive ketones (excluding diaryl/α,β-unsaturated/α-hetero) is 1. The monoisotopic (exact) mass is 456 g/mol. The van der Waals surface area contributed by atoms with E-state index in [1.165, 1.54) is 0 Å². The molecule has 0 bridgehead atoms. The first-order valence-corrected chi connectivity index (χ1v) is 11.2. The third-order valence-electron chi connectivity index (χ3n) is 5.76. The molecule has 0 aliphatic carbocycles. The predicted octanol–water partition coefficient (Wildman–Crippen LogP) is 1.27. The molecule has 3 rings (SSSR count). The quantitative estimate of drug-likeness (QED) is 0.387. The van der Waals surface area contributed by atoms with Crippen LogP contribution in [0.25, 0.3) is 10.9 Å². The molecule has 9 nitrogen and oxygen atoms in total. The maximum Gasteiger partial charge on any atom is 0.268 e. The van der Waals surface area contributed by atoms with Crippen molar-refractivity contribution in [2.24, 2.45) is 11.3 Å². The summed E-state index contributed by atoms with van der Waals surface area (Å²) in [6.07, 6.45) is 0.996. The van der Waals surface area contributed by atoms with Gasteiger partial charge in [0.2, 0.25) is 11.8 Å². The number of rotatable bonds is 9. The maximum absolute atomic E-state index is 13.2. The first kappa shape index (κ1) is 24.4. The van der Waals surface area contributed by atoms with Gasteiger partial charge in [0.15, 0.2) is 5.78 Å². The number of nitrogens with one attached hydrogen (secondary N) is 4. The van der Waals surface area contributed by atoms with E-state index in [1.54, 1.807) is 6.07 Å². The topological polar surface area (TPSA) is 140 Å². The average Bonchev–Trinajstić information content (AvgIpc) is 3.37. The van der Waals surface area contributed by atoms with Crippen molar-refractivity contribution in [3.63, 3.8) is 0 Å². The first-order chi connectivity index (χ1) is 15.6. The molecule has 0 saturated carbocycles. The highest BCUT2D eigenvalue weighted by Gasteiger charge is 2.34. The van der Waals surface area contributed by atoms with Crippen molar-refractivity contribution in [1.82, 2.24) is 20.9 Å². The maximum atomic E-state index is 13.2. The summed E-state index contributed by atoms with van der Waals surface area (Å²) in [4.78, 5) is 53.4. The number of amides is 3. The number of aliphatic hydroxyl groups excluding tert-OH is 1. The van der Waals surface area contributed by atoms with Crippen molar-refractivity contribution >= 4 is 34.4 Å². The zero-order chi connectivity index (χ0) is 24.2. The number of benzene rings is 1. The molecule has 1 aliphatic heterocycles. The number of para-hydroxylation sites is 1. The Morgan fingerprint density at radius 1 is 1.15 bits per heavy atom. The van der Waals surface area contributed by atoms with Crippen molar-refractivity contribution in [3.05, 3.63) is 36.0 Å². The lowest BCUT2D eigenvalue weighted by Gasteiger charge is -2.28. The van der Waals surface area contributed by atoms with E-state index in [2.05, 4.69) is 20.9 Å². The lowest BCUT2D eigenvalue weighted by atomic mass is 9.87. The number of fused-ring (bicyclic) bond motifs is 1. The molecule has 33 heavy (non-hydrogen) atoms. The molecule has 0 spiro atoms. The molecule has 1 aromatic heterocycles. The predicted molar refractivity (Wildman–Crippen MR) is 123 cm³/mol. The van der Waals surface area contributed by atoms with Crippen LogP contribution in [0.2, 0.25) is 0 Å². The SMILES string of the molecule is CC(C)(C)CC(NC(=O)c1cc2ccccc2[nH]1)C(=O)NC(CC1CCNC1=O)C(=O)CO. The van der Waals surface area contributed by atoms with Crippen LogP contribution in [0.5, 0.6) is 0 Å². The van der Waals surface area contributed by atoms with E-state index in [4.69, 9.17) is 0 Å². The average molecular weight is 457 g/mol. The molecule has 9 heteroatoms. The number of hydrogen-bond acceptors (Lipinski definition) is 5. The number of H-pyrrole nitrogens is 1. The normalized spacial score (nSPS) is 17.9. The number of aliphatic hydroxyl groups is 1. The highest BCUT2D eigenvalue weighted by Crippen LogP contribution is 2.23. The second-order valence-corrected chi connectivity index (χ2v) is 9.76. The Bertz CT molecular complexity index is 1010. The van der Waals surface area contributed by atoms with Crippen LogP contribution in [0.3, 0.4) is 0 Å². The first-order valence-electron chi connectivity index (χ1n) is 11.2. The second kappa shape index (κ2) is 10.2. The van der Waals surface area contributed by atoms with E-state index in [9.17, 15) is 24.3 Å². The molecule has 1 aromatic carbocycles. The van der Waals surface area contributed by atoms with Gasteiger partial charge >= 0.3 is 0 Å².